The molecule has 0 aliphatic rings. The van der Waals surface area contributed by atoms with Crippen LogP contribution < -0.4 is 21.7 Å². The van der Waals surface area contributed by atoms with E-state index in [-0.39, 0.29) is 12.8 Å². The van der Waals surface area contributed by atoms with Crippen molar-refractivity contribution in [3.05, 3.63) is 60.2 Å². The number of carbonyl (C=O) groups excluding carboxylic acids is 4. The highest BCUT2D eigenvalue weighted by Crippen LogP contribution is 1.96. The van der Waals surface area contributed by atoms with Crippen LogP contribution in [0.3, 0.4) is 0 Å². The number of hydrazine groups is 2. The Kier molecular flexibility index (Phi) is 6.74. The molecule has 2 aromatic rings. The molecule has 4 N–H and O–H groups in total. The minimum atomic E-state index is -0.553. The van der Waals surface area contributed by atoms with E-state index in [1.54, 1.807) is 0 Å². The zero-order valence-electron chi connectivity index (χ0n) is 13.6. The normalized spacial score (nSPS) is 9.69. The second kappa shape index (κ2) is 9.47. The van der Waals surface area contributed by atoms with Crippen LogP contribution in [-0.2, 0) is 9.59 Å². The van der Waals surface area contributed by atoms with Crippen LogP contribution in [0, 0.1) is 0 Å². The maximum Gasteiger partial charge on any atom is 0.269 e. The van der Waals surface area contributed by atoms with Crippen LogP contribution in [-0.4, -0.2) is 33.6 Å². The fourth-order valence-electron chi connectivity index (χ4n) is 1.76. The van der Waals surface area contributed by atoms with Gasteiger partial charge in [-0.05, 0) is 24.3 Å². The van der Waals surface area contributed by atoms with E-state index < -0.39 is 23.6 Å². The third-order valence-corrected chi connectivity index (χ3v) is 3.10. The van der Waals surface area contributed by atoms with Crippen molar-refractivity contribution in [2.75, 3.05) is 0 Å². The number of aromatic nitrogens is 2. The van der Waals surface area contributed by atoms with Crippen LogP contribution in [0.1, 0.15) is 33.6 Å². The van der Waals surface area contributed by atoms with Crippen molar-refractivity contribution in [3.63, 3.8) is 0 Å². The molecule has 0 aromatic carbocycles. The maximum atomic E-state index is 11.7. The molecule has 0 fully saturated rings. The van der Waals surface area contributed by atoms with Crippen LogP contribution >= 0.6 is 0 Å². The van der Waals surface area contributed by atoms with Crippen molar-refractivity contribution < 1.29 is 19.2 Å². The molecular weight excluding hydrogens is 340 g/mol. The number of pyridine rings is 2. The minimum Gasteiger partial charge on any atom is -0.273 e. The van der Waals surface area contributed by atoms with Gasteiger partial charge < -0.3 is 0 Å². The number of amides is 4. The second-order valence-electron chi connectivity index (χ2n) is 4.98. The van der Waals surface area contributed by atoms with Crippen molar-refractivity contribution in [3.8, 4) is 0 Å². The summed E-state index contributed by atoms with van der Waals surface area (Å²) in [5.41, 5.74) is 9.49. The van der Waals surface area contributed by atoms with Gasteiger partial charge in [-0.2, -0.15) is 0 Å². The lowest BCUT2D eigenvalue weighted by Crippen LogP contribution is -2.44. The Balaban J connectivity index is 1.65. The number of hydrogen-bond donors (Lipinski definition) is 4. The molecule has 2 aromatic heterocycles. The van der Waals surface area contributed by atoms with E-state index in [0.717, 1.165) is 0 Å². The van der Waals surface area contributed by atoms with Gasteiger partial charge in [0, 0.05) is 48.8 Å². The van der Waals surface area contributed by atoms with Gasteiger partial charge in [-0.3, -0.25) is 50.8 Å². The molecule has 0 spiro atoms. The summed E-state index contributed by atoms with van der Waals surface area (Å²) in [6.07, 6.45) is 5.44. The molecule has 0 aliphatic heterocycles. The molecular formula is C16H16N6O4. The Hall–Kier alpha value is -3.82. The molecule has 0 bridgehead atoms. The van der Waals surface area contributed by atoms with Crippen LogP contribution in [0.25, 0.3) is 0 Å². The molecule has 4 amide bonds. The summed E-state index contributed by atoms with van der Waals surface area (Å²) in [5.74, 6) is -2.12. The Morgan fingerprint density at radius 1 is 0.615 bits per heavy atom. The summed E-state index contributed by atoms with van der Waals surface area (Å²) >= 11 is 0. The van der Waals surface area contributed by atoms with E-state index in [1.165, 1.54) is 49.1 Å². The molecule has 0 saturated carbocycles. The number of carbonyl (C=O) groups is 4. The van der Waals surface area contributed by atoms with Gasteiger partial charge in [-0.1, -0.05) is 0 Å². The van der Waals surface area contributed by atoms with Crippen LogP contribution in [0.2, 0.25) is 0 Å². The van der Waals surface area contributed by atoms with Crippen LogP contribution in [0.5, 0.6) is 0 Å². The fourth-order valence-corrected chi connectivity index (χ4v) is 1.76. The van der Waals surface area contributed by atoms with E-state index in [2.05, 4.69) is 31.7 Å². The van der Waals surface area contributed by atoms with E-state index in [1.807, 2.05) is 0 Å². The molecule has 0 atom stereocenters. The number of hydrogen-bond acceptors (Lipinski definition) is 6. The zero-order valence-corrected chi connectivity index (χ0v) is 13.6. The summed E-state index contributed by atoms with van der Waals surface area (Å²) < 4.78 is 0. The lowest BCUT2D eigenvalue weighted by Gasteiger charge is -2.08. The highest BCUT2D eigenvalue weighted by Gasteiger charge is 2.10. The molecule has 2 rings (SSSR count). The molecule has 26 heavy (non-hydrogen) atoms. The highest BCUT2D eigenvalue weighted by molar-refractivity contribution is 5.96. The van der Waals surface area contributed by atoms with Gasteiger partial charge >= 0.3 is 0 Å². The quantitative estimate of drug-likeness (QED) is 0.531. The average Bonchev–Trinajstić information content (AvgIpc) is 2.69. The molecule has 0 aliphatic carbocycles. The predicted octanol–water partition coefficient (Wildman–Crippen LogP) is -0.521. The van der Waals surface area contributed by atoms with Crippen molar-refractivity contribution in [1.82, 2.24) is 31.7 Å². The van der Waals surface area contributed by atoms with Gasteiger partial charge in [0.15, 0.2) is 0 Å². The molecule has 0 radical (unpaired) electrons. The molecule has 10 heteroatoms. The Bertz CT molecular complexity index is 714. The number of nitrogens with zero attached hydrogens (tertiary/aromatic N) is 2. The van der Waals surface area contributed by atoms with Gasteiger partial charge in [-0.15, -0.1) is 0 Å². The summed E-state index contributed by atoms with van der Waals surface area (Å²) in [6, 6.07) is 5.95. The highest BCUT2D eigenvalue weighted by atomic mass is 16.2. The third-order valence-electron chi connectivity index (χ3n) is 3.10. The zero-order chi connectivity index (χ0) is 18.8. The molecule has 0 unspecified atom stereocenters. The van der Waals surface area contributed by atoms with Crippen LogP contribution in [0.4, 0.5) is 0 Å². The van der Waals surface area contributed by atoms with Gasteiger partial charge in [0.25, 0.3) is 11.8 Å². The molecule has 134 valence electrons. The van der Waals surface area contributed by atoms with Gasteiger partial charge in [-0.25, -0.2) is 0 Å². The fraction of sp³-hybridized carbons (Fsp3) is 0.125. The smallest absolute Gasteiger partial charge is 0.269 e. The first-order chi connectivity index (χ1) is 12.6. The lowest BCUT2D eigenvalue weighted by atomic mass is 10.2. The maximum absolute atomic E-state index is 11.7. The summed E-state index contributed by atoms with van der Waals surface area (Å²) in [5, 5.41) is 0. The van der Waals surface area contributed by atoms with E-state index >= 15 is 0 Å². The van der Waals surface area contributed by atoms with Crippen molar-refractivity contribution in [1.29, 1.82) is 0 Å². The average molecular weight is 356 g/mol. The van der Waals surface area contributed by atoms with Crippen molar-refractivity contribution in [2.45, 2.75) is 12.8 Å². The molecule has 2 heterocycles. The van der Waals surface area contributed by atoms with Crippen molar-refractivity contribution >= 4 is 23.6 Å². The Morgan fingerprint density at radius 2 is 0.962 bits per heavy atom. The first-order valence-electron chi connectivity index (χ1n) is 7.54. The summed E-state index contributed by atoms with van der Waals surface area (Å²) in [4.78, 5) is 54.2. The first-order valence-corrected chi connectivity index (χ1v) is 7.54. The van der Waals surface area contributed by atoms with Gasteiger partial charge in [0.1, 0.15) is 0 Å². The monoisotopic (exact) mass is 356 g/mol. The first kappa shape index (κ1) is 18.5. The Morgan fingerprint density at radius 3 is 1.31 bits per heavy atom. The largest absolute Gasteiger partial charge is 0.273 e. The predicted molar refractivity (Wildman–Crippen MR) is 88.9 cm³/mol. The second-order valence-corrected chi connectivity index (χ2v) is 4.98. The minimum absolute atomic E-state index is 0.173. The van der Waals surface area contributed by atoms with E-state index in [9.17, 15) is 19.2 Å². The standard InChI is InChI=1S/C16H16N6O4/c23-13(19-21-15(25)11-3-7-17-8-4-11)1-2-14(24)20-22-16(26)12-5-9-18-10-6-12/h3-10H,1-2H2,(H,19,23)(H,20,24)(H,21,25)(H,22,26). The van der Waals surface area contributed by atoms with Crippen LogP contribution in [0.15, 0.2) is 49.1 Å². The Labute approximate surface area is 148 Å². The third kappa shape index (κ3) is 6.00. The van der Waals surface area contributed by atoms with Gasteiger partial charge in [0.2, 0.25) is 11.8 Å². The molecule has 0 saturated heterocycles. The summed E-state index contributed by atoms with van der Waals surface area (Å²) in [7, 11) is 0. The lowest BCUT2D eigenvalue weighted by molar-refractivity contribution is -0.127. The summed E-state index contributed by atoms with van der Waals surface area (Å²) in [6.45, 7) is 0. The molecule has 10 nitrogen and oxygen atoms in total. The SMILES string of the molecule is O=C(CCC(=O)NNC(=O)c1ccncc1)NNC(=O)c1ccncc1. The van der Waals surface area contributed by atoms with Crippen molar-refractivity contribution in [2.24, 2.45) is 0 Å². The van der Waals surface area contributed by atoms with E-state index in [4.69, 9.17) is 0 Å². The van der Waals surface area contributed by atoms with E-state index in [0.29, 0.717) is 11.1 Å². The number of rotatable bonds is 5. The topological polar surface area (TPSA) is 142 Å². The number of nitrogens with one attached hydrogen (secondary N) is 4. The van der Waals surface area contributed by atoms with Gasteiger partial charge in [0.05, 0.1) is 0 Å².